The summed E-state index contributed by atoms with van der Waals surface area (Å²) >= 11 is 1.48. The van der Waals surface area contributed by atoms with E-state index in [0.717, 1.165) is 10.6 Å². The molecule has 0 spiro atoms. The molecule has 0 radical (unpaired) electrons. The van der Waals surface area contributed by atoms with Crippen LogP contribution in [-0.4, -0.2) is 42.1 Å². The first kappa shape index (κ1) is 18.4. The Kier molecular flexibility index (Phi) is 5.48. The molecule has 5 nitrogen and oxygen atoms in total. The number of fused-ring (bicyclic) bond motifs is 1. The Balaban J connectivity index is 1.46. The molecule has 3 aromatic rings. The highest BCUT2D eigenvalue weighted by Crippen LogP contribution is 2.32. The van der Waals surface area contributed by atoms with Gasteiger partial charge in [0.2, 0.25) is 0 Å². The lowest BCUT2D eigenvalue weighted by molar-refractivity contribution is 0.0518. The number of hydrogen-bond donors (Lipinski definition) is 0. The van der Waals surface area contributed by atoms with Crippen LogP contribution in [0.15, 0.2) is 82.8 Å². The standard InChI is InChI=1S/C22H20N2O3S/c1-24(14-16-15-26-19-11-5-6-12-20(19)27-16)22(25)18-10-7-13-23-21(18)28-17-8-3-2-4-9-17/h2-13,16H,14-15H2,1H3. The Hall–Kier alpha value is -2.99. The van der Waals surface area contributed by atoms with Crippen LogP contribution < -0.4 is 9.47 Å². The van der Waals surface area contributed by atoms with Crippen LogP contribution in [0.25, 0.3) is 0 Å². The summed E-state index contributed by atoms with van der Waals surface area (Å²) in [5.41, 5.74) is 0.580. The molecular formula is C22H20N2O3S. The molecular weight excluding hydrogens is 372 g/mol. The number of aromatic nitrogens is 1. The van der Waals surface area contributed by atoms with Gasteiger partial charge in [0.15, 0.2) is 17.6 Å². The highest BCUT2D eigenvalue weighted by Gasteiger charge is 2.25. The molecule has 2 heterocycles. The molecule has 1 atom stereocenters. The zero-order chi connectivity index (χ0) is 19.3. The number of likely N-dealkylation sites (N-methyl/N-ethyl adjacent to an activating group) is 1. The van der Waals surface area contributed by atoms with Crippen molar-refractivity contribution in [2.75, 3.05) is 20.2 Å². The lowest BCUT2D eigenvalue weighted by Gasteiger charge is -2.29. The molecule has 2 aromatic carbocycles. The highest BCUT2D eigenvalue weighted by molar-refractivity contribution is 7.99. The topological polar surface area (TPSA) is 51.7 Å². The number of carbonyl (C=O) groups excluding carboxylic acids is 1. The Morgan fingerprint density at radius 3 is 2.64 bits per heavy atom. The van der Waals surface area contributed by atoms with Crippen LogP contribution in [0.1, 0.15) is 10.4 Å². The van der Waals surface area contributed by atoms with Gasteiger partial charge in [0.25, 0.3) is 5.91 Å². The summed E-state index contributed by atoms with van der Waals surface area (Å²) in [7, 11) is 1.77. The molecule has 1 amide bonds. The summed E-state index contributed by atoms with van der Waals surface area (Å²) in [4.78, 5) is 20.2. The number of pyridine rings is 1. The summed E-state index contributed by atoms with van der Waals surface area (Å²) in [6.07, 6.45) is 1.49. The SMILES string of the molecule is CN(CC1COc2ccccc2O1)C(=O)c1cccnc1Sc1ccccc1. The van der Waals surface area contributed by atoms with Crippen LogP contribution in [0, 0.1) is 0 Å². The van der Waals surface area contributed by atoms with E-state index in [1.165, 1.54) is 11.8 Å². The minimum absolute atomic E-state index is 0.0889. The van der Waals surface area contributed by atoms with Crippen LogP contribution in [0.4, 0.5) is 0 Å². The molecule has 0 bridgehead atoms. The third kappa shape index (κ3) is 4.12. The van der Waals surface area contributed by atoms with Crippen molar-refractivity contribution in [3.63, 3.8) is 0 Å². The first-order valence-corrected chi connectivity index (χ1v) is 9.84. The van der Waals surface area contributed by atoms with E-state index in [-0.39, 0.29) is 12.0 Å². The van der Waals surface area contributed by atoms with Gasteiger partial charge in [-0.3, -0.25) is 4.79 Å². The molecule has 0 saturated heterocycles. The maximum Gasteiger partial charge on any atom is 0.256 e. The largest absolute Gasteiger partial charge is 0.486 e. The third-order valence-electron chi connectivity index (χ3n) is 4.35. The molecule has 0 fully saturated rings. The van der Waals surface area contributed by atoms with Crippen molar-refractivity contribution in [3.05, 3.63) is 78.5 Å². The molecule has 0 saturated carbocycles. The Bertz CT molecular complexity index is 965. The van der Waals surface area contributed by atoms with Gasteiger partial charge in [-0.15, -0.1) is 0 Å². The van der Waals surface area contributed by atoms with Crippen molar-refractivity contribution in [3.8, 4) is 11.5 Å². The predicted molar refractivity (Wildman–Crippen MR) is 108 cm³/mol. The summed E-state index contributed by atoms with van der Waals surface area (Å²) < 4.78 is 11.7. The number of rotatable bonds is 5. The molecule has 0 N–H and O–H groups in total. The molecule has 1 aromatic heterocycles. The van der Waals surface area contributed by atoms with Gasteiger partial charge in [0.05, 0.1) is 12.1 Å². The van der Waals surface area contributed by atoms with Crippen LogP contribution in [-0.2, 0) is 0 Å². The van der Waals surface area contributed by atoms with Crippen LogP contribution in [0.2, 0.25) is 0 Å². The third-order valence-corrected chi connectivity index (χ3v) is 5.38. The van der Waals surface area contributed by atoms with E-state index in [1.54, 1.807) is 24.2 Å². The summed E-state index contributed by atoms with van der Waals surface area (Å²) in [6, 6.07) is 21.1. The summed E-state index contributed by atoms with van der Waals surface area (Å²) in [5.74, 6) is 1.36. The molecule has 1 unspecified atom stereocenters. The minimum Gasteiger partial charge on any atom is -0.486 e. The van der Waals surface area contributed by atoms with E-state index in [1.807, 2.05) is 60.7 Å². The van der Waals surface area contributed by atoms with E-state index < -0.39 is 0 Å². The average molecular weight is 392 g/mol. The lowest BCUT2D eigenvalue weighted by Crippen LogP contribution is -2.42. The highest BCUT2D eigenvalue weighted by atomic mass is 32.2. The van der Waals surface area contributed by atoms with Gasteiger partial charge in [0, 0.05) is 18.1 Å². The molecule has 1 aliphatic rings. The van der Waals surface area contributed by atoms with Crippen molar-refractivity contribution in [1.29, 1.82) is 0 Å². The van der Waals surface area contributed by atoms with Crippen LogP contribution in [0.5, 0.6) is 11.5 Å². The second-order valence-electron chi connectivity index (χ2n) is 6.45. The summed E-state index contributed by atoms with van der Waals surface area (Å²) in [6.45, 7) is 0.838. The van der Waals surface area contributed by atoms with Crippen LogP contribution >= 0.6 is 11.8 Å². The fourth-order valence-electron chi connectivity index (χ4n) is 2.98. The second-order valence-corrected chi connectivity index (χ2v) is 7.52. The van der Waals surface area contributed by atoms with Gasteiger partial charge in [-0.2, -0.15) is 0 Å². The van der Waals surface area contributed by atoms with Gasteiger partial charge in [-0.05, 0) is 36.4 Å². The van der Waals surface area contributed by atoms with E-state index in [0.29, 0.717) is 29.5 Å². The predicted octanol–water partition coefficient (Wildman–Crippen LogP) is 4.14. The number of para-hydroxylation sites is 2. The maximum atomic E-state index is 13.1. The Labute approximate surface area is 168 Å². The van der Waals surface area contributed by atoms with E-state index in [9.17, 15) is 4.79 Å². The van der Waals surface area contributed by atoms with Crippen molar-refractivity contribution >= 4 is 17.7 Å². The van der Waals surface area contributed by atoms with Gasteiger partial charge >= 0.3 is 0 Å². The number of carbonyl (C=O) groups is 1. The molecule has 28 heavy (non-hydrogen) atoms. The van der Waals surface area contributed by atoms with Crippen molar-refractivity contribution in [2.45, 2.75) is 16.0 Å². The monoisotopic (exact) mass is 392 g/mol. The Morgan fingerprint density at radius 1 is 1.07 bits per heavy atom. The van der Waals surface area contributed by atoms with E-state index in [2.05, 4.69) is 4.98 Å². The average Bonchev–Trinajstić information content (AvgIpc) is 2.74. The zero-order valence-corrected chi connectivity index (χ0v) is 16.3. The van der Waals surface area contributed by atoms with Crippen molar-refractivity contribution < 1.29 is 14.3 Å². The molecule has 1 aliphatic heterocycles. The van der Waals surface area contributed by atoms with Gasteiger partial charge in [0.1, 0.15) is 11.6 Å². The lowest BCUT2D eigenvalue weighted by atomic mass is 10.2. The fraction of sp³-hybridized carbons (Fsp3) is 0.182. The first-order chi connectivity index (χ1) is 13.7. The van der Waals surface area contributed by atoms with Crippen molar-refractivity contribution in [1.82, 2.24) is 9.88 Å². The normalized spacial score (nSPS) is 15.1. The summed E-state index contributed by atoms with van der Waals surface area (Å²) in [5, 5.41) is 0.691. The molecule has 4 rings (SSSR count). The number of benzene rings is 2. The number of ether oxygens (including phenoxy) is 2. The fourth-order valence-corrected chi connectivity index (χ4v) is 3.88. The molecule has 142 valence electrons. The van der Waals surface area contributed by atoms with Gasteiger partial charge in [-0.1, -0.05) is 42.1 Å². The van der Waals surface area contributed by atoms with Gasteiger partial charge < -0.3 is 14.4 Å². The van der Waals surface area contributed by atoms with Gasteiger partial charge in [-0.25, -0.2) is 4.98 Å². The second kappa shape index (κ2) is 8.35. The smallest absolute Gasteiger partial charge is 0.256 e. The van der Waals surface area contributed by atoms with Crippen molar-refractivity contribution in [2.24, 2.45) is 0 Å². The number of hydrogen-bond acceptors (Lipinski definition) is 5. The van der Waals surface area contributed by atoms with E-state index in [4.69, 9.17) is 9.47 Å². The zero-order valence-electron chi connectivity index (χ0n) is 15.4. The maximum absolute atomic E-state index is 13.1. The molecule has 6 heteroatoms. The van der Waals surface area contributed by atoms with Crippen LogP contribution in [0.3, 0.4) is 0 Å². The number of nitrogens with zero attached hydrogens (tertiary/aromatic N) is 2. The van der Waals surface area contributed by atoms with E-state index >= 15 is 0 Å². The Morgan fingerprint density at radius 2 is 1.82 bits per heavy atom. The molecule has 0 aliphatic carbocycles. The minimum atomic E-state index is -0.217. The first-order valence-electron chi connectivity index (χ1n) is 9.02. The quantitative estimate of drug-likeness (QED) is 0.653. The number of amides is 1.